The van der Waals surface area contributed by atoms with E-state index < -0.39 is 266 Å². The quantitative estimate of drug-likeness (QED) is 0.0220. The van der Waals surface area contributed by atoms with E-state index in [4.69, 9.17) is 61.6 Å². The molecular formula is C71H104O33. The summed E-state index contributed by atoms with van der Waals surface area (Å²) in [5.41, 5.74) is -6.65. The molecule has 0 radical (unpaired) electrons. The molecule has 586 valence electrons. The van der Waals surface area contributed by atoms with Crippen molar-refractivity contribution in [2.45, 2.75) is 272 Å². The van der Waals surface area contributed by atoms with Crippen LogP contribution in [0.25, 0.3) is 6.08 Å². The van der Waals surface area contributed by atoms with Gasteiger partial charge in [0.05, 0.1) is 56.8 Å². The molecular weight excluding hydrogens is 1380 g/mol. The zero-order valence-electron chi connectivity index (χ0n) is 59.4. The predicted octanol–water partition coefficient (Wildman–Crippen LogP) is -2.69. The second-order valence-electron chi connectivity index (χ2n) is 31.7. The summed E-state index contributed by atoms with van der Waals surface area (Å²) in [6.07, 6.45) is -43.6. The smallest absolute Gasteiger partial charge is 0.331 e. The number of esters is 3. The molecule has 1 aromatic rings. The Morgan fingerprint density at radius 2 is 1.18 bits per heavy atom. The number of aliphatic hydroxyl groups excluding tert-OH is 15. The van der Waals surface area contributed by atoms with Crippen LogP contribution in [0.2, 0.25) is 0 Å². The highest BCUT2D eigenvalue weighted by Crippen LogP contribution is 2.76. The topological polar surface area (TPSA) is 512 Å². The number of allylic oxidation sites excluding steroid dienone is 1. The molecule has 5 saturated heterocycles. The first kappa shape index (κ1) is 80.4. The number of fused-ring (bicyclic) bond motifs is 7. The van der Waals surface area contributed by atoms with Crippen LogP contribution in [-0.2, 0) is 76.0 Å². The molecule has 16 N–H and O–H groups in total. The van der Waals surface area contributed by atoms with Gasteiger partial charge in [-0.15, -0.1) is 0 Å². The van der Waals surface area contributed by atoms with Gasteiger partial charge in [0.1, 0.15) is 115 Å². The van der Waals surface area contributed by atoms with Crippen LogP contribution in [-0.4, -0.2) is 305 Å². The van der Waals surface area contributed by atoms with Gasteiger partial charge in [0.2, 0.25) is 6.29 Å². The Kier molecular flexibility index (Phi) is 23.7. The largest absolute Gasteiger partial charge is 0.497 e. The third-order valence-corrected chi connectivity index (χ3v) is 25.1. The van der Waals surface area contributed by atoms with E-state index in [1.807, 2.05) is 33.8 Å². The zero-order valence-corrected chi connectivity index (χ0v) is 59.4. The molecule has 33 nitrogen and oxygen atoms in total. The number of hydrogen-bond acceptors (Lipinski definition) is 32. The Morgan fingerprint density at radius 1 is 0.596 bits per heavy atom. The molecule has 5 heterocycles. The fourth-order valence-corrected chi connectivity index (χ4v) is 19.4. The lowest BCUT2D eigenvalue weighted by atomic mass is 9.33. The normalized spacial score (nSPS) is 48.6. The molecule has 0 amide bonds. The molecule has 11 rings (SSSR count). The van der Waals surface area contributed by atoms with Crippen LogP contribution in [0.3, 0.4) is 0 Å². The monoisotopic (exact) mass is 1480 g/mol. The highest BCUT2D eigenvalue weighted by molar-refractivity contribution is 5.87. The SMILES string of the molecule is COc1ccc(/C=C\C(=O)O[C@@H]2[C@H](O[C@@H]3O[C@H](COC(C)=O)[C@@H](O)[C@H](O)[C@H]3O)[C@@H](O[C@@H]3O[C@@H](C)[C@H](O[C@@H]4OC[C@@H](O)[C@H](O)[C@H]4O)[C@@H](O)[C@H]3O)[C@H](OC(=O)[C@@]34CC[C@]5(CO)C(=CC[C@@H]6[C@@]7(C)C[C@@H](O)[C@H](O[C@H]8O[C@H](CO)[C@@H](O)[C@H](O)[C@H]8O)[C@](C)(C(=O)O)[C@@H]7CC[C@]65C)[C@@H]3CC(C)(C)C[C@H]4O)O[C@@H]2C)cc1. The van der Waals surface area contributed by atoms with E-state index in [0.29, 0.717) is 16.9 Å². The lowest BCUT2D eigenvalue weighted by Gasteiger charge is -2.71. The van der Waals surface area contributed by atoms with Crippen LogP contribution >= 0.6 is 0 Å². The molecule has 0 aromatic heterocycles. The first-order valence-corrected chi connectivity index (χ1v) is 35.6. The molecule has 104 heavy (non-hydrogen) atoms. The van der Waals surface area contributed by atoms with E-state index in [1.165, 1.54) is 34.0 Å². The van der Waals surface area contributed by atoms with Gasteiger partial charge < -0.3 is 143 Å². The fraction of sp³-hybridized carbons (Fsp3) is 0.803. The molecule has 9 fully saturated rings. The highest BCUT2D eigenvalue weighted by Gasteiger charge is 2.75. The first-order valence-electron chi connectivity index (χ1n) is 35.6. The Balaban J connectivity index is 0.960. The zero-order chi connectivity index (χ0) is 76.0. The molecule has 5 aliphatic carbocycles. The Bertz CT molecular complexity index is 3260. The van der Waals surface area contributed by atoms with E-state index in [0.717, 1.165) is 13.0 Å². The van der Waals surface area contributed by atoms with Crippen molar-refractivity contribution in [3.63, 3.8) is 0 Å². The number of carbonyl (C=O) groups excluding carboxylic acids is 3. The average molecular weight is 1490 g/mol. The number of carboxylic acids is 1. The molecule has 10 aliphatic rings. The van der Waals surface area contributed by atoms with Crippen molar-refractivity contribution in [1.29, 1.82) is 0 Å². The van der Waals surface area contributed by atoms with Crippen molar-refractivity contribution in [2.75, 3.05) is 33.5 Å². The number of carboxylic acid groups (broad SMARTS) is 1. The lowest BCUT2D eigenvalue weighted by molar-refractivity contribution is -0.391. The van der Waals surface area contributed by atoms with Crippen LogP contribution in [0.15, 0.2) is 42.0 Å². The third-order valence-electron chi connectivity index (χ3n) is 25.1. The summed E-state index contributed by atoms with van der Waals surface area (Å²) in [6.45, 7) is 10.5. The number of carbonyl (C=O) groups is 4. The van der Waals surface area contributed by atoms with E-state index in [9.17, 15) is 96.1 Å². The lowest BCUT2D eigenvalue weighted by Crippen LogP contribution is -2.71. The van der Waals surface area contributed by atoms with Crippen molar-refractivity contribution in [1.82, 2.24) is 0 Å². The van der Waals surface area contributed by atoms with E-state index >= 15 is 4.79 Å². The van der Waals surface area contributed by atoms with Gasteiger partial charge in [-0.2, -0.15) is 0 Å². The minimum atomic E-state index is -2.18. The maximum Gasteiger partial charge on any atom is 0.331 e. The van der Waals surface area contributed by atoms with Gasteiger partial charge in [0, 0.05) is 18.4 Å². The van der Waals surface area contributed by atoms with Gasteiger partial charge in [0.25, 0.3) is 0 Å². The number of rotatable bonds is 19. The Morgan fingerprint density at radius 3 is 1.82 bits per heavy atom. The Labute approximate surface area is 600 Å². The minimum Gasteiger partial charge on any atom is -0.497 e. The first-order chi connectivity index (χ1) is 48.9. The van der Waals surface area contributed by atoms with Crippen LogP contribution in [0.5, 0.6) is 5.75 Å². The summed E-state index contributed by atoms with van der Waals surface area (Å²) in [5, 5.41) is 181. The molecule has 1 aromatic carbocycles. The van der Waals surface area contributed by atoms with Crippen molar-refractivity contribution < 1.29 is 162 Å². The van der Waals surface area contributed by atoms with E-state index in [-0.39, 0.29) is 51.4 Å². The maximum atomic E-state index is 16.4. The van der Waals surface area contributed by atoms with Gasteiger partial charge in [-0.05, 0) is 130 Å². The maximum absolute atomic E-state index is 16.4. The molecule has 0 spiro atoms. The van der Waals surface area contributed by atoms with Crippen molar-refractivity contribution >= 4 is 30.0 Å². The number of aliphatic hydroxyl groups is 15. The average Bonchev–Trinajstić information content (AvgIpc) is 0.667. The summed E-state index contributed by atoms with van der Waals surface area (Å²) in [7, 11) is 1.47. The molecule has 5 aliphatic heterocycles. The number of benzene rings is 1. The summed E-state index contributed by atoms with van der Waals surface area (Å²) >= 11 is 0. The number of aliphatic carboxylic acids is 1. The van der Waals surface area contributed by atoms with E-state index in [1.54, 1.807) is 24.3 Å². The van der Waals surface area contributed by atoms with Crippen LogP contribution in [0, 0.1) is 50.2 Å². The predicted molar refractivity (Wildman–Crippen MR) is 348 cm³/mol. The van der Waals surface area contributed by atoms with Crippen molar-refractivity contribution in [3.8, 4) is 5.75 Å². The van der Waals surface area contributed by atoms with Crippen molar-refractivity contribution in [2.24, 2.45) is 50.2 Å². The summed E-state index contributed by atoms with van der Waals surface area (Å²) in [6, 6.07) is 6.55. The molecule has 0 bridgehead atoms. The minimum absolute atomic E-state index is 0.00656. The summed E-state index contributed by atoms with van der Waals surface area (Å²) in [4.78, 5) is 56.7. The van der Waals surface area contributed by atoms with E-state index in [2.05, 4.69) is 0 Å². The van der Waals surface area contributed by atoms with Crippen LogP contribution in [0.1, 0.15) is 112 Å². The standard InChI is InChI=1S/C71H104O33/c1-29-54(100-59-50(85)44(79)37(76)26-94-59)49(84)53(88)60(95-29)102-57-56(101-61-51(86)48(83)46(81)39(98-61)27-93-31(3)74)55(99-43(78)17-12-32-10-13-33(92-9)14-11-32)30(2)96-63(57)104-65(91)71-21-20-70(28-73)34(35(71)22-66(4,5)24-42(71)77)15-16-40-67(6)23-36(75)58(69(8,64(89)90)41(67)18-19-68(40,70)7)103-62-52(87)47(82)45(80)38(25-72)97-62/h10-15,17,29-30,35-42,44-63,72-73,75-77,79-88H,16,18-28H2,1-9H3,(H,89,90)/b17-12-/t29-,30+,35-,36+,37+,38+,39+,40+,41+,42+,44-,45+,46+,47-,48-,49-,50+,51+,52+,53+,54-,55-,56-,57+,58-,59-,60-,61-,62+,63-,67+,68+,69+,70-,71-/m0/s1. The Hall–Kier alpha value is -4.58. The number of hydrogen-bond donors (Lipinski definition) is 16. The second-order valence-corrected chi connectivity index (χ2v) is 31.7. The van der Waals surface area contributed by atoms with Gasteiger partial charge in [-0.3, -0.25) is 14.4 Å². The number of ether oxygens (including phenoxy) is 13. The molecule has 33 heteroatoms. The highest BCUT2D eigenvalue weighted by atomic mass is 16.8. The second kappa shape index (κ2) is 30.7. The van der Waals surface area contributed by atoms with Gasteiger partial charge in [0.15, 0.2) is 37.4 Å². The molecule has 0 unspecified atom stereocenters. The van der Waals surface area contributed by atoms with Crippen molar-refractivity contribution in [3.05, 3.63) is 47.6 Å². The third kappa shape index (κ3) is 14.1. The summed E-state index contributed by atoms with van der Waals surface area (Å²) in [5.74, 6) is -6.01. The summed E-state index contributed by atoms with van der Waals surface area (Å²) < 4.78 is 78.5. The van der Waals surface area contributed by atoms with Crippen LogP contribution in [0.4, 0.5) is 0 Å². The van der Waals surface area contributed by atoms with Gasteiger partial charge >= 0.3 is 23.9 Å². The van der Waals surface area contributed by atoms with Crippen LogP contribution < -0.4 is 4.74 Å². The number of methoxy groups -OCH3 is 1. The van der Waals surface area contributed by atoms with Gasteiger partial charge in [-0.25, -0.2) is 4.79 Å². The fourth-order valence-electron chi connectivity index (χ4n) is 19.4. The molecule has 35 atom stereocenters. The molecule has 4 saturated carbocycles. The van der Waals surface area contributed by atoms with Gasteiger partial charge in [-0.1, -0.05) is 51.5 Å².